The van der Waals surface area contributed by atoms with Gasteiger partial charge in [0.05, 0.1) is 21.3 Å². The Morgan fingerprint density at radius 1 is 1.03 bits per heavy atom. The third kappa shape index (κ3) is 5.94. The molecule has 2 unspecified atom stereocenters. The van der Waals surface area contributed by atoms with E-state index in [2.05, 4.69) is 62.2 Å². The van der Waals surface area contributed by atoms with Crippen LogP contribution in [0.2, 0.25) is 0 Å². The molecular weight excluding hydrogens is 402 g/mol. The number of allylic oxidation sites excluding steroid dienone is 2. The molecule has 0 fully saturated rings. The largest absolute Gasteiger partial charge is 0.496 e. The van der Waals surface area contributed by atoms with Crippen molar-refractivity contribution in [3.05, 3.63) is 59.2 Å². The van der Waals surface area contributed by atoms with Gasteiger partial charge in [-0.05, 0) is 63.4 Å². The van der Waals surface area contributed by atoms with Gasteiger partial charge in [-0.1, -0.05) is 44.2 Å². The lowest BCUT2D eigenvalue weighted by Gasteiger charge is -2.46. The van der Waals surface area contributed by atoms with Crippen LogP contribution in [0.25, 0.3) is 0 Å². The van der Waals surface area contributed by atoms with Crippen molar-refractivity contribution in [3.63, 3.8) is 0 Å². The van der Waals surface area contributed by atoms with Crippen LogP contribution in [0, 0.1) is 17.3 Å². The number of carbonyl (C=O) groups excluding carboxylic acids is 1. The van der Waals surface area contributed by atoms with E-state index >= 15 is 0 Å². The Morgan fingerprint density at radius 3 is 2.28 bits per heavy atom. The number of carbonyl (C=O) groups is 1. The van der Waals surface area contributed by atoms with Gasteiger partial charge in [0.2, 0.25) is 0 Å². The molecule has 2 rings (SSSR count). The zero-order valence-electron chi connectivity index (χ0n) is 20.7. The molecule has 178 valence electrons. The van der Waals surface area contributed by atoms with E-state index in [1.54, 1.807) is 21.3 Å². The van der Waals surface area contributed by atoms with Gasteiger partial charge < -0.3 is 23.9 Å². The molecule has 5 nitrogen and oxygen atoms in total. The molecule has 0 bridgehead atoms. The van der Waals surface area contributed by atoms with Gasteiger partial charge in [0.1, 0.15) is 12.0 Å². The van der Waals surface area contributed by atoms with Gasteiger partial charge in [0, 0.05) is 17.8 Å². The summed E-state index contributed by atoms with van der Waals surface area (Å²) in [5, 5.41) is 0. The normalized spacial score (nSPS) is 21.0. The summed E-state index contributed by atoms with van der Waals surface area (Å²) in [6, 6.07) is 10.6. The van der Waals surface area contributed by atoms with E-state index in [0.29, 0.717) is 17.9 Å². The number of benzene rings is 1. The zero-order chi connectivity index (χ0) is 23.6. The van der Waals surface area contributed by atoms with Gasteiger partial charge in [0.15, 0.2) is 11.5 Å². The lowest BCUT2D eigenvalue weighted by Crippen LogP contribution is -2.42. The smallest absolute Gasteiger partial charge is 0.199 e. The molecule has 5 heteroatoms. The van der Waals surface area contributed by atoms with Crippen molar-refractivity contribution in [2.24, 2.45) is 17.3 Å². The van der Waals surface area contributed by atoms with Crippen molar-refractivity contribution in [3.8, 4) is 0 Å². The lowest BCUT2D eigenvalue weighted by molar-refractivity contribution is -0.109. The summed E-state index contributed by atoms with van der Waals surface area (Å²) in [5.41, 5.74) is 1.08. The van der Waals surface area contributed by atoms with Crippen LogP contribution in [0.5, 0.6) is 0 Å². The van der Waals surface area contributed by atoms with Crippen LogP contribution in [0.15, 0.2) is 53.7 Å². The fourth-order valence-corrected chi connectivity index (χ4v) is 5.15. The average Bonchev–Trinajstić information content (AvgIpc) is 2.79. The summed E-state index contributed by atoms with van der Waals surface area (Å²) in [6.45, 7) is 6.47. The Bertz CT molecular complexity index is 771. The highest BCUT2D eigenvalue weighted by atomic mass is 16.5. The molecule has 0 saturated heterocycles. The van der Waals surface area contributed by atoms with Gasteiger partial charge in [-0.3, -0.25) is 0 Å². The molecule has 0 N–H and O–H groups in total. The van der Waals surface area contributed by atoms with Crippen LogP contribution >= 0.6 is 0 Å². The van der Waals surface area contributed by atoms with Gasteiger partial charge in [-0.15, -0.1) is 0 Å². The number of hydrogen-bond acceptors (Lipinski definition) is 5. The van der Waals surface area contributed by atoms with Crippen LogP contribution < -0.4 is 0 Å². The monoisotopic (exact) mass is 443 g/mol. The van der Waals surface area contributed by atoms with E-state index in [1.807, 2.05) is 0 Å². The van der Waals surface area contributed by atoms with Gasteiger partial charge >= 0.3 is 0 Å². The van der Waals surface area contributed by atoms with Gasteiger partial charge in [-0.2, -0.15) is 0 Å². The Balaban J connectivity index is 2.10. The number of methoxy groups -OCH3 is 3. The Labute approximate surface area is 194 Å². The van der Waals surface area contributed by atoms with Crippen molar-refractivity contribution in [1.82, 2.24) is 4.90 Å². The maximum atomic E-state index is 11.6. The summed E-state index contributed by atoms with van der Waals surface area (Å²) in [5.74, 6) is 2.36. The highest BCUT2D eigenvalue weighted by Crippen LogP contribution is 2.53. The molecule has 0 spiro atoms. The fraction of sp³-hybridized carbons (Fsp3) is 0.593. The molecule has 0 radical (unpaired) electrons. The fourth-order valence-electron chi connectivity index (χ4n) is 5.15. The molecule has 1 aliphatic carbocycles. The van der Waals surface area contributed by atoms with Crippen molar-refractivity contribution in [2.75, 3.05) is 41.5 Å². The van der Waals surface area contributed by atoms with E-state index in [4.69, 9.17) is 14.2 Å². The number of hydrogen-bond donors (Lipinski definition) is 0. The van der Waals surface area contributed by atoms with Gasteiger partial charge in [-0.25, -0.2) is 0 Å². The van der Waals surface area contributed by atoms with E-state index in [0.717, 1.165) is 50.8 Å². The zero-order valence-corrected chi connectivity index (χ0v) is 20.7. The molecule has 1 aromatic carbocycles. The van der Waals surface area contributed by atoms with Crippen LogP contribution in [0.1, 0.15) is 45.1 Å². The molecule has 1 aliphatic rings. The Morgan fingerprint density at radius 2 is 1.72 bits per heavy atom. The van der Waals surface area contributed by atoms with Crippen LogP contribution in [0.4, 0.5) is 0 Å². The topological polar surface area (TPSA) is 48.0 Å². The minimum absolute atomic E-state index is 0.00665. The van der Waals surface area contributed by atoms with Crippen LogP contribution in [-0.4, -0.2) is 52.7 Å². The molecule has 32 heavy (non-hydrogen) atoms. The minimum Gasteiger partial charge on any atom is -0.496 e. The third-order valence-corrected chi connectivity index (χ3v) is 6.85. The highest BCUT2D eigenvalue weighted by Gasteiger charge is 2.49. The number of aldehydes is 1. The number of nitrogens with zero attached hydrogens (tertiary/aromatic N) is 1. The van der Waals surface area contributed by atoms with Crippen molar-refractivity contribution >= 4 is 6.29 Å². The SMILES string of the molecule is COC1=CC(CC=O)C(CCCN(C)CCCc2ccccc2)(C(C)C)C(OC)=C1OC. The lowest BCUT2D eigenvalue weighted by atomic mass is 9.60. The van der Waals surface area contributed by atoms with Crippen LogP contribution in [0.3, 0.4) is 0 Å². The second-order valence-electron chi connectivity index (χ2n) is 9.00. The maximum Gasteiger partial charge on any atom is 0.199 e. The number of rotatable bonds is 14. The first-order valence-electron chi connectivity index (χ1n) is 11.7. The summed E-state index contributed by atoms with van der Waals surface area (Å²) in [6.07, 6.45) is 7.65. The first kappa shape index (κ1) is 26.0. The van der Waals surface area contributed by atoms with Crippen molar-refractivity contribution in [2.45, 2.75) is 46.0 Å². The van der Waals surface area contributed by atoms with Crippen molar-refractivity contribution in [1.29, 1.82) is 0 Å². The van der Waals surface area contributed by atoms with E-state index in [9.17, 15) is 4.79 Å². The predicted molar refractivity (Wildman–Crippen MR) is 129 cm³/mol. The highest BCUT2D eigenvalue weighted by molar-refractivity contribution is 5.52. The number of ether oxygens (including phenoxy) is 3. The molecule has 2 atom stereocenters. The number of aryl methyl sites for hydroxylation is 1. The van der Waals surface area contributed by atoms with Crippen LogP contribution in [-0.2, 0) is 25.4 Å². The summed E-state index contributed by atoms with van der Waals surface area (Å²) < 4.78 is 17.2. The molecule has 1 aromatic rings. The molecule has 0 heterocycles. The minimum atomic E-state index is -0.312. The molecular formula is C27H41NO4. The quantitative estimate of drug-likeness (QED) is 0.369. The predicted octanol–water partition coefficient (Wildman–Crippen LogP) is 5.23. The summed E-state index contributed by atoms with van der Waals surface area (Å²) in [4.78, 5) is 14.0. The standard InChI is InChI=1S/C27H41NO4/c1-21(2)27(16-11-18-28(3)17-10-14-22-12-8-7-9-13-22)23(15-19-29)20-24(30-4)25(31-5)26(27)32-6/h7-9,12-13,19-21,23H,10-11,14-18H2,1-6H3. The van der Waals surface area contributed by atoms with Crippen molar-refractivity contribution < 1.29 is 19.0 Å². The Hall–Kier alpha value is -2.27. The second-order valence-corrected chi connectivity index (χ2v) is 9.00. The van der Waals surface area contributed by atoms with E-state index in [1.165, 1.54) is 5.56 Å². The first-order chi connectivity index (χ1) is 15.4. The van der Waals surface area contributed by atoms with Gasteiger partial charge in [0.25, 0.3) is 0 Å². The summed E-state index contributed by atoms with van der Waals surface area (Å²) >= 11 is 0. The Kier molecular flexibility index (Phi) is 10.3. The summed E-state index contributed by atoms with van der Waals surface area (Å²) in [7, 11) is 7.15. The first-order valence-corrected chi connectivity index (χ1v) is 11.7. The molecule has 0 aromatic heterocycles. The third-order valence-electron chi connectivity index (χ3n) is 6.85. The van der Waals surface area contributed by atoms with E-state index < -0.39 is 0 Å². The maximum absolute atomic E-state index is 11.6. The molecule has 0 amide bonds. The second kappa shape index (κ2) is 12.7. The van der Waals surface area contributed by atoms with E-state index in [-0.39, 0.29) is 17.3 Å². The average molecular weight is 444 g/mol. The molecule has 0 aliphatic heterocycles. The molecule has 0 saturated carbocycles.